The van der Waals surface area contributed by atoms with Crippen LogP contribution in [0.2, 0.25) is 0 Å². The van der Waals surface area contributed by atoms with Crippen LogP contribution in [-0.2, 0) is 12.8 Å². The second-order valence-corrected chi connectivity index (χ2v) is 6.50. The van der Waals surface area contributed by atoms with Crippen molar-refractivity contribution in [2.75, 3.05) is 5.32 Å². The van der Waals surface area contributed by atoms with Crippen LogP contribution in [0.25, 0.3) is 5.69 Å². The average molecular weight is 405 g/mol. The minimum absolute atomic E-state index is 0.0876. The zero-order valence-electron chi connectivity index (χ0n) is 15.0. The fourth-order valence-corrected chi connectivity index (χ4v) is 3.39. The fraction of sp³-hybridized carbons (Fsp3) is 0.200. The van der Waals surface area contributed by atoms with Gasteiger partial charge < -0.3 is 10.1 Å². The lowest BCUT2D eigenvalue weighted by Crippen LogP contribution is -2.15. The zero-order chi connectivity index (χ0) is 20.5. The van der Waals surface area contributed by atoms with Crippen LogP contribution in [0, 0.1) is 11.6 Å². The number of benzene rings is 2. The molecule has 0 atom stereocenters. The van der Waals surface area contributed by atoms with Crippen molar-refractivity contribution in [3.8, 4) is 11.4 Å². The van der Waals surface area contributed by atoms with E-state index < -0.39 is 24.2 Å². The first kappa shape index (κ1) is 19.0. The average Bonchev–Trinajstić information content (AvgIpc) is 3.26. The van der Waals surface area contributed by atoms with Gasteiger partial charge in [0.15, 0.2) is 17.3 Å². The number of ether oxygens (including phenoxy) is 1. The normalized spacial score (nSPS) is 12.9. The number of anilines is 1. The van der Waals surface area contributed by atoms with Gasteiger partial charge in [-0.05, 0) is 43.5 Å². The fourth-order valence-electron chi connectivity index (χ4n) is 3.39. The first-order valence-corrected chi connectivity index (χ1v) is 8.85. The largest absolute Gasteiger partial charge is 0.435 e. The highest BCUT2D eigenvalue weighted by Gasteiger charge is 2.27. The molecule has 0 fully saturated rings. The van der Waals surface area contributed by atoms with Crippen molar-refractivity contribution < 1.29 is 27.1 Å². The smallest absolute Gasteiger partial charge is 0.387 e. The zero-order valence-corrected chi connectivity index (χ0v) is 15.0. The van der Waals surface area contributed by atoms with E-state index in [4.69, 9.17) is 0 Å². The Morgan fingerprint density at radius 1 is 1.10 bits per heavy atom. The summed E-state index contributed by atoms with van der Waals surface area (Å²) in [6.45, 7) is -2.98. The monoisotopic (exact) mass is 405 g/mol. The summed E-state index contributed by atoms with van der Waals surface area (Å²) in [5, 5.41) is 6.92. The number of halogens is 4. The Morgan fingerprint density at radius 3 is 2.69 bits per heavy atom. The van der Waals surface area contributed by atoms with Gasteiger partial charge in [-0.2, -0.15) is 13.9 Å². The van der Waals surface area contributed by atoms with E-state index in [0.29, 0.717) is 18.5 Å². The third-order valence-corrected chi connectivity index (χ3v) is 4.61. The van der Waals surface area contributed by atoms with E-state index in [1.807, 2.05) is 0 Å². The molecule has 0 saturated heterocycles. The lowest BCUT2D eigenvalue weighted by atomic mass is 10.2. The van der Waals surface area contributed by atoms with Gasteiger partial charge in [0, 0.05) is 29.1 Å². The highest BCUT2D eigenvalue weighted by Crippen LogP contribution is 2.29. The van der Waals surface area contributed by atoms with Crippen LogP contribution in [-0.4, -0.2) is 22.3 Å². The third kappa shape index (κ3) is 3.80. The lowest BCUT2D eigenvalue weighted by Gasteiger charge is -2.08. The molecule has 150 valence electrons. The second-order valence-electron chi connectivity index (χ2n) is 6.50. The first-order valence-electron chi connectivity index (χ1n) is 8.85. The van der Waals surface area contributed by atoms with E-state index in [0.717, 1.165) is 29.8 Å². The maximum absolute atomic E-state index is 13.6. The molecule has 5 nitrogen and oxygen atoms in total. The van der Waals surface area contributed by atoms with Crippen LogP contribution >= 0.6 is 0 Å². The summed E-state index contributed by atoms with van der Waals surface area (Å²) in [6, 6.07) is 9.03. The molecule has 0 radical (unpaired) electrons. The van der Waals surface area contributed by atoms with Crippen molar-refractivity contribution in [3.63, 3.8) is 0 Å². The predicted molar refractivity (Wildman–Crippen MR) is 96.5 cm³/mol. The molecule has 1 amide bonds. The van der Waals surface area contributed by atoms with E-state index in [1.165, 1.54) is 35.0 Å². The maximum Gasteiger partial charge on any atom is 0.387 e. The molecule has 29 heavy (non-hydrogen) atoms. The highest BCUT2D eigenvalue weighted by molar-refractivity contribution is 6.04. The van der Waals surface area contributed by atoms with Gasteiger partial charge in [0.1, 0.15) is 5.75 Å². The molecule has 1 aliphatic carbocycles. The van der Waals surface area contributed by atoms with Gasteiger partial charge in [0.05, 0.1) is 5.69 Å². The molecule has 1 N–H and O–H groups in total. The SMILES string of the molecule is O=C(Nc1cccc(OC(F)F)c1)c1nn(-c2ccc(F)c(F)c2)c2c1CCC2. The van der Waals surface area contributed by atoms with Crippen LogP contribution < -0.4 is 10.1 Å². The standard InChI is InChI=1S/C20H15F4N3O2/c21-15-8-7-12(10-16(15)22)27-17-6-2-5-14(17)18(26-27)19(28)25-11-3-1-4-13(9-11)29-20(23)24/h1,3-4,7-10,20H,2,5-6H2,(H,25,28). The number of amides is 1. The van der Waals surface area contributed by atoms with E-state index in [-0.39, 0.29) is 17.1 Å². The third-order valence-electron chi connectivity index (χ3n) is 4.61. The molecule has 1 heterocycles. The highest BCUT2D eigenvalue weighted by atomic mass is 19.3. The number of carbonyl (C=O) groups is 1. The predicted octanol–water partition coefficient (Wildman–Crippen LogP) is 4.49. The van der Waals surface area contributed by atoms with Crippen molar-refractivity contribution in [2.45, 2.75) is 25.9 Å². The number of hydrogen-bond donors (Lipinski definition) is 1. The molecule has 1 aromatic heterocycles. The van der Waals surface area contributed by atoms with Crippen molar-refractivity contribution in [3.05, 3.63) is 71.1 Å². The van der Waals surface area contributed by atoms with Crippen LogP contribution in [0.4, 0.5) is 23.2 Å². The Kier molecular flexibility index (Phi) is 4.96. The molecule has 0 bridgehead atoms. The van der Waals surface area contributed by atoms with Crippen LogP contribution in [0.15, 0.2) is 42.5 Å². The summed E-state index contributed by atoms with van der Waals surface area (Å²) >= 11 is 0. The molecule has 0 unspecified atom stereocenters. The Balaban J connectivity index is 1.64. The number of carbonyl (C=O) groups excluding carboxylic acids is 1. The van der Waals surface area contributed by atoms with Crippen molar-refractivity contribution >= 4 is 11.6 Å². The summed E-state index contributed by atoms with van der Waals surface area (Å²) in [4.78, 5) is 12.8. The number of hydrogen-bond acceptors (Lipinski definition) is 3. The maximum atomic E-state index is 13.6. The number of aromatic nitrogens is 2. The minimum atomic E-state index is -2.98. The second kappa shape index (κ2) is 7.57. The van der Waals surface area contributed by atoms with Gasteiger partial charge in [0.25, 0.3) is 5.91 Å². The molecular formula is C20H15F4N3O2. The molecule has 4 rings (SSSR count). The number of alkyl halides is 2. The molecule has 9 heteroatoms. The Labute approximate surface area is 162 Å². The van der Waals surface area contributed by atoms with Gasteiger partial charge >= 0.3 is 6.61 Å². The summed E-state index contributed by atoms with van der Waals surface area (Å²) in [7, 11) is 0. The molecule has 0 saturated carbocycles. The number of rotatable bonds is 5. The summed E-state index contributed by atoms with van der Waals surface area (Å²) in [5.74, 6) is -2.60. The number of nitrogens with zero attached hydrogens (tertiary/aromatic N) is 2. The molecule has 3 aromatic rings. The van der Waals surface area contributed by atoms with Crippen LogP contribution in [0.3, 0.4) is 0 Å². The van der Waals surface area contributed by atoms with Gasteiger partial charge in [-0.25, -0.2) is 13.5 Å². The Hall–Kier alpha value is -3.36. The minimum Gasteiger partial charge on any atom is -0.435 e. The van der Waals surface area contributed by atoms with E-state index in [1.54, 1.807) is 0 Å². The van der Waals surface area contributed by atoms with Crippen molar-refractivity contribution in [1.82, 2.24) is 9.78 Å². The quantitative estimate of drug-likeness (QED) is 0.637. The lowest BCUT2D eigenvalue weighted by molar-refractivity contribution is -0.0498. The number of fused-ring (bicyclic) bond motifs is 1. The molecule has 0 aliphatic heterocycles. The summed E-state index contributed by atoms with van der Waals surface area (Å²) < 4.78 is 57.4. The van der Waals surface area contributed by atoms with E-state index >= 15 is 0 Å². The topological polar surface area (TPSA) is 56.1 Å². The van der Waals surface area contributed by atoms with Crippen molar-refractivity contribution in [1.29, 1.82) is 0 Å². The van der Waals surface area contributed by atoms with Crippen LogP contribution in [0.1, 0.15) is 28.2 Å². The first-order chi connectivity index (χ1) is 13.9. The van der Waals surface area contributed by atoms with E-state index in [2.05, 4.69) is 15.2 Å². The van der Waals surface area contributed by atoms with Crippen molar-refractivity contribution in [2.24, 2.45) is 0 Å². The van der Waals surface area contributed by atoms with Gasteiger partial charge in [-0.1, -0.05) is 6.07 Å². The summed E-state index contributed by atoms with van der Waals surface area (Å²) in [5.41, 5.74) is 2.22. The summed E-state index contributed by atoms with van der Waals surface area (Å²) in [6.07, 6.45) is 2.07. The molecule has 0 spiro atoms. The Bertz CT molecular complexity index is 1080. The van der Waals surface area contributed by atoms with Gasteiger partial charge in [-0.3, -0.25) is 4.79 Å². The molecule has 2 aromatic carbocycles. The Morgan fingerprint density at radius 2 is 1.93 bits per heavy atom. The van der Waals surface area contributed by atoms with Gasteiger partial charge in [0.2, 0.25) is 0 Å². The van der Waals surface area contributed by atoms with Crippen LogP contribution in [0.5, 0.6) is 5.75 Å². The molecule has 1 aliphatic rings. The van der Waals surface area contributed by atoms with E-state index in [9.17, 15) is 22.4 Å². The van der Waals surface area contributed by atoms with Gasteiger partial charge in [-0.15, -0.1) is 0 Å². The molecular weight excluding hydrogens is 390 g/mol. The number of nitrogens with one attached hydrogen (secondary N) is 1.